The summed E-state index contributed by atoms with van der Waals surface area (Å²) in [5.74, 6) is -2.62. The minimum absolute atomic E-state index is 0.00586. The molecule has 1 heterocycles. The molecule has 2 atom stereocenters. The van der Waals surface area contributed by atoms with Crippen LogP contribution in [-0.2, 0) is 33.8 Å². The molecule has 45 heavy (non-hydrogen) atoms. The van der Waals surface area contributed by atoms with E-state index in [1.807, 2.05) is 0 Å². The molecule has 3 aromatic carbocycles. The zero-order chi connectivity index (χ0) is 32.7. The van der Waals surface area contributed by atoms with E-state index in [-0.39, 0.29) is 24.4 Å². The van der Waals surface area contributed by atoms with E-state index in [2.05, 4.69) is 16.0 Å². The van der Waals surface area contributed by atoms with Crippen LogP contribution in [-0.4, -0.2) is 55.9 Å². The highest BCUT2D eigenvalue weighted by atomic mass is 16.6. The monoisotopic (exact) mass is 618 g/mol. The van der Waals surface area contributed by atoms with Crippen LogP contribution in [0.15, 0.2) is 78.8 Å². The number of hydrogen-bond donors (Lipinski definition) is 5. The Hall–Kier alpha value is -5.83. The van der Waals surface area contributed by atoms with Gasteiger partial charge in [0.25, 0.3) is 11.9 Å². The van der Waals surface area contributed by atoms with E-state index in [0.717, 1.165) is 11.1 Å². The van der Waals surface area contributed by atoms with Crippen LogP contribution in [0.2, 0.25) is 0 Å². The molecule has 0 radical (unpaired) electrons. The number of anilines is 2. The first-order chi connectivity index (χ1) is 21.4. The van der Waals surface area contributed by atoms with Gasteiger partial charge in [-0.2, -0.15) is 0 Å². The number of non-ortho nitro benzene ring substituents is 1. The second-order valence-electron chi connectivity index (χ2n) is 10.4. The topological polar surface area (TPSA) is 217 Å². The largest absolute Gasteiger partial charge is 0.481 e. The summed E-state index contributed by atoms with van der Waals surface area (Å²) < 4.78 is 0. The maximum absolute atomic E-state index is 13.4. The molecule has 0 saturated carbocycles. The van der Waals surface area contributed by atoms with Crippen LogP contribution in [0.1, 0.15) is 34.7 Å². The molecule has 0 bridgehead atoms. The van der Waals surface area contributed by atoms with E-state index in [0.29, 0.717) is 41.7 Å². The number of nitrogens with one attached hydrogen (secondary N) is 3. The van der Waals surface area contributed by atoms with Crippen LogP contribution in [0.5, 0.6) is 0 Å². The predicted octanol–water partition coefficient (Wildman–Crippen LogP) is 3.51. The summed E-state index contributed by atoms with van der Waals surface area (Å²) in [5.41, 5.74) is 3.59. The van der Waals surface area contributed by atoms with Crippen molar-refractivity contribution in [2.45, 2.75) is 37.9 Å². The normalized spacial score (nSPS) is 15.0. The number of carboxylic acid groups (broad SMARTS) is 2. The second kappa shape index (κ2) is 14.1. The number of carbonyl (C=O) groups excluding carboxylic acids is 1. The van der Waals surface area contributed by atoms with Gasteiger partial charge in [0, 0.05) is 42.9 Å². The minimum atomic E-state index is -1.21. The van der Waals surface area contributed by atoms with Gasteiger partial charge in [-0.3, -0.25) is 34.7 Å². The number of benzene rings is 3. The molecule has 234 valence electrons. The number of amides is 1. The minimum Gasteiger partial charge on any atom is -0.481 e. The molecule has 1 amide bonds. The summed E-state index contributed by atoms with van der Waals surface area (Å²) in [6.07, 6.45) is 1.08. The van der Waals surface area contributed by atoms with Crippen molar-refractivity contribution in [3.8, 4) is 0 Å². The van der Waals surface area contributed by atoms with E-state index in [4.69, 9.17) is 5.11 Å². The molecule has 5 N–H and O–H groups in total. The Morgan fingerprint density at radius 1 is 0.956 bits per heavy atom. The molecular weight excluding hydrogens is 588 g/mol. The average molecular weight is 619 g/mol. The fraction of sp³-hybridized carbons (Fsp3) is 0.233. The SMILES string of the molecule is CN1Cc2cc(N/C(=C/[N+](=O)[O-])Nc3ccc([N+](=O)[O-])cc3)ccc2C1C(=O)NC(Cc1ccc(CCC(=O)O)cc1)C(=O)O. The van der Waals surface area contributed by atoms with Gasteiger partial charge in [0.2, 0.25) is 5.91 Å². The van der Waals surface area contributed by atoms with Crippen molar-refractivity contribution in [2.24, 2.45) is 0 Å². The van der Waals surface area contributed by atoms with Gasteiger partial charge in [-0.25, -0.2) is 4.79 Å². The van der Waals surface area contributed by atoms with E-state index in [9.17, 15) is 39.7 Å². The summed E-state index contributed by atoms with van der Waals surface area (Å²) >= 11 is 0. The third-order valence-corrected chi connectivity index (χ3v) is 7.12. The summed E-state index contributed by atoms with van der Waals surface area (Å²) in [6, 6.07) is 15.3. The number of rotatable bonds is 14. The molecule has 15 heteroatoms. The van der Waals surface area contributed by atoms with Gasteiger partial charge >= 0.3 is 11.9 Å². The second-order valence-corrected chi connectivity index (χ2v) is 10.4. The van der Waals surface area contributed by atoms with Crippen molar-refractivity contribution in [2.75, 3.05) is 17.7 Å². The third kappa shape index (κ3) is 8.61. The molecule has 0 spiro atoms. The Morgan fingerprint density at radius 3 is 2.18 bits per heavy atom. The molecule has 2 unspecified atom stereocenters. The van der Waals surface area contributed by atoms with Crippen LogP contribution in [0.4, 0.5) is 17.1 Å². The Kier molecular flexibility index (Phi) is 10.1. The lowest BCUT2D eigenvalue weighted by atomic mass is 10.0. The van der Waals surface area contributed by atoms with Gasteiger partial charge in [0.05, 0.1) is 9.85 Å². The predicted molar refractivity (Wildman–Crippen MR) is 162 cm³/mol. The molecule has 15 nitrogen and oxygen atoms in total. The number of fused-ring (bicyclic) bond motifs is 1. The molecule has 1 aliphatic rings. The number of likely N-dealkylation sites (N-methyl/N-ethyl adjacent to an activating group) is 1. The molecule has 4 rings (SSSR count). The number of nitro benzene ring substituents is 1. The molecule has 1 aliphatic heterocycles. The zero-order valence-corrected chi connectivity index (χ0v) is 24.0. The zero-order valence-electron chi connectivity index (χ0n) is 24.0. The Balaban J connectivity index is 1.45. The summed E-state index contributed by atoms with van der Waals surface area (Å²) in [6.45, 7) is 0.350. The number of hydrogen-bond acceptors (Lipinski definition) is 10. The van der Waals surface area contributed by atoms with Crippen molar-refractivity contribution in [3.05, 3.63) is 121 Å². The molecular formula is C30H30N6O9. The Labute approximate surface area is 256 Å². The van der Waals surface area contributed by atoms with Gasteiger partial charge in [0.1, 0.15) is 12.1 Å². The molecule has 0 aliphatic carbocycles. The molecule has 3 aromatic rings. The number of aryl methyl sites for hydroxylation is 1. The average Bonchev–Trinajstić information content (AvgIpc) is 3.31. The van der Waals surface area contributed by atoms with Crippen LogP contribution in [0.25, 0.3) is 0 Å². The highest BCUT2D eigenvalue weighted by Gasteiger charge is 2.35. The van der Waals surface area contributed by atoms with Crippen molar-refractivity contribution in [3.63, 3.8) is 0 Å². The Morgan fingerprint density at radius 2 is 1.58 bits per heavy atom. The van der Waals surface area contributed by atoms with Crippen LogP contribution >= 0.6 is 0 Å². The fourth-order valence-corrected chi connectivity index (χ4v) is 4.98. The van der Waals surface area contributed by atoms with Gasteiger partial charge in [-0.1, -0.05) is 30.3 Å². The van der Waals surface area contributed by atoms with Crippen molar-refractivity contribution in [1.82, 2.24) is 10.2 Å². The van der Waals surface area contributed by atoms with Gasteiger partial charge < -0.3 is 26.2 Å². The highest BCUT2D eigenvalue weighted by molar-refractivity contribution is 5.89. The summed E-state index contributed by atoms with van der Waals surface area (Å²) in [5, 5.41) is 49.2. The van der Waals surface area contributed by atoms with Crippen molar-refractivity contribution >= 4 is 34.9 Å². The van der Waals surface area contributed by atoms with Crippen LogP contribution in [0.3, 0.4) is 0 Å². The summed E-state index contributed by atoms with van der Waals surface area (Å²) in [4.78, 5) is 58.9. The Bertz CT molecular complexity index is 1640. The number of carboxylic acids is 2. The van der Waals surface area contributed by atoms with Gasteiger partial charge in [0.15, 0.2) is 5.82 Å². The van der Waals surface area contributed by atoms with E-state index < -0.39 is 39.8 Å². The number of nitrogens with zero attached hydrogens (tertiary/aromatic N) is 3. The first-order valence-electron chi connectivity index (χ1n) is 13.7. The highest BCUT2D eigenvalue weighted by Crippen LogP contribution is 2.34. The summed E-state index contributed by atoms with van der Waals surface area (Å²) in [7, 11) is 1.72. The number of nitro groups is 2. The van der Waals surface area contributed by atoms with E-state index in [1.54, 1.807) is 54.4 Å². The van der Waals surface area contributed by atoms with E-state index in [1.165, 1.54) is 24.3 Å². The maximum Gasteiger partial charge on any atom is 0.326 e. The smallest absolute Gasteiger partial charge is 0.326 e. The van der Waals surface area contributed by atoms with Crippen LogP contribution in [0, 0.1) is 20.2 Å². The van der Waals surface area contributed by atoms with Crippen molar-refractivity contribution < 1.29 is 34.4 Å². The van der Waals surface area contributed by atoms with Crippen molar-refractivity contribution in [1.29, 1.82) is 0 Å². The quantitative estimate of drug-likeness (QED) is 0.130. The van der Waals surface area contributed by atoms with E-state index >= 15 is 0 Å². The lowest BCUT2D eigenvalue weighted by molar-refractivity contribution is -0.403. The number of carbonyl (C=O) groups is 3. The number of aliphatic carboxylic acids is 2. The standard InChI is InChI=1S/C30H30N6O9/c1-34-16-20-15-22(32-26(17-35(42)43)31-21-7-10-23(11-8-21)36(44)45)9-12-24(20)28(34)29(39)33-25(30(40)41)14-19-4-2-18(3-5-19)6-13-27(37)38/h2-5,7-12,15,17,25,28,31-32H,6,13-14,16H2,1H3,(H,33,39)(H,37,38)(H,40,41)/b26-17+. The lowest BCUT2D eigenvalue weighted by Gasteiger charge is -2.23. The van der Waals surface area contributed by atoms with Crippen LogP contribution < -0.4 is 16.0 Å². The lowest BCUT2D eigenvalue weighted by Crippen LogP contribution is -2.46. The first-order valence-corrected chi connectivity index (χ1v) is 13.7. The molecule has 0 saturated heterocycles. The maximum atomic E-state index is 13.4. The fourth-order valence-electron chi connectivity index (χ4n) is 4.98. The van der Waals surface area contributed by atoms with Gasteiger partial charge in [-0.15, -0.1) is 0 Å². The first kappa shape index (κ1) is 32.1. The third-order valence-electron chi connectivity index (χ3n) is 7.12. The molecule has 0 aromatic heterocycles. The molecule has 0 fully saturated rings. The van der Waals surface area contributed by atoms with Gasteiger partial charge in [-0.05, 0) is 60.0 Å².